The molecular formula is C52H32N2S2. The molecule has 0 atom stereocenters. The van der Waals surface area contributed by atoms with E-state index in [0.29, 0.717) is 5.82 Å². The van der Waals surface area contributed by atoms with Crippen molar-refractivity contribution in [3.05, 3.63) is 194 Å². The van der Waals surface area contributed by atoms with Gasteiger partial charge in [0.2, 0.25) is 0 Å². The summed E-state index contributed by atoms with van der Waals surface area (Å²) < 4.78 is 5.20. The average molecular weight is 749 g/mol. The van der Waals surface area contributed by atoms with Crippen LogP contribution in [0.15, 0.2) is 194 Å². The highest BCUT2D eigenvalue weighted by atomic mass is 32.1. The third-order valence-electron chi connectivity index (χ3n) is 10.7. The third-order valence-corrected chi connectivity index (χ3v) is 13.0. The van der Waals surface area contributed by atoms with Crippen LogP contribution >= 0.6 is 22.7 Å². The Morgan fingerprint density at radius 1 is 0.268 bits per heavy atom. The van der Waals surface area contributed by atoms with Crippen molar-refractivity contribution in [3.63, 3.8) is 0 Å². The van der Waals surface area contributed by atoms with Crippen molar-refractivity contribution >= 4 is 63.0 Å². The fourth-order valence-corrected chi connectivity index (χ4v) is 10.1. The molecule has 0 bridgehead atoms. The van der Waals surface area contributed by atoms with Crippen molar-refractivity contribution in [2.75, 3.05) is 0 Å². The van der Waals surface area contributed by atoms with Crippen molar-refractivity contribution in [1.29, 1.82) is 0 Å². The molecule has 0 saturated carbocycles. The number of fused-ring (bicyclic) bond motifs is 6. The maximum absolute atomic E-state index is 5.35. The third kappa shape index (κ3) is 5.79. The minimum atomic E-state index is 0.699. The van der Waals surface area contributed by atoms with E-state index in [9.17, 15) is 0 Å². The van der Waals surface area contributed by atoms with Gasteiger partial charge in [-0.25, -0.2) is 9.97 Å². The first kappa shape index (κ1) is 32.7. The molecule has 11 aromatic rings. The summed E-state index contributed by atoms with van der Waals surface area (Å²) >= 11 is 3.69. The summed E-state index contributed by atoms with van der Waals surface area (Å²) in [5, 5.41) is 5.15. The summed E-state index contributed by atoms with van der Waals surface area (Å²) in [4.78, 5) is 10.7. The standard InChI is InChI=1S/C52H32N2S2/c1-3-11-33(12-4-1)34-19-21-36(22-20-34)47-32-46(35-13-5-2-6-14-35)53-52(54-47)42-26-23-37(38-24-27-50-44(30-38)40-15-7-9-17-48(40)55-50)29-43(42)39-25-28-51-45(31-39)41-16-8-10-18-49(41)56-51/h1-32H. The van der Waals surface area contributed by atoms with Crippen LogP contribution in [0.2, 0.25) is 0 Å². The molecule has 0 aliphatic heterocycles. The first-order valence-corrected chi connectivity index (χ1v) is 20.4. The van der Waals surface area contributed by atoms with Gasteiger partial charge in [-0.2, -0.15) is 0 Å². The van der Waals surface area contributed by atoms with Crippen molar-refractivity contribution < 1.29 is 0 Å². The molecular weight excluding hydrogens is 717 g/mol. The molecule has 0 spiro atoms. The second kappa shape index (κ2) is 13.5. The highest BCUT2D eigenvalue weighted by Crippen LogP contribution is 2.42. The van der Waals surface area contributed by atoms with E-state index in [2.05, 4.69) is 188 Å². The zero-order valence-corrected chi connectivity index (χ0v) is 31.8. The fourth-order valence-electron chi connectivity index (χ4n) is 7.89. The smallest absolute Gasteiger partial charge is 0.161 e. The van der Waals surface area contributed by atoms with Crippen molar-refractivity contribution in [2.24, 2.45) is 0 Å². The van der Waals surface area contributed by atoms with Crippen LogP contribution in [0.3, 0.4) is 0 Å². The van der Waals surface area contributed by atoms with Gasteiger partial charge in [-0.05, 0) is 88.0 Å². The van der Waals surface area contributed by atoms with Crippen LogP contribution in [0.1, 0.15) is 0 Å². The van der Waals surface area contributed by atoms with E-state index in [-0.39, 0.29) is 0 Å². The van der Waals surface area contributed by atoms with Gasteiger partial charge in [0.05, 0.1) is 11.4 Å². The molecule has 2 nitrogen and oxygen atoms in total. The molecule has 0 saturated heterocycles. The quantitative estimate of drug-likeness (QED) is 0.169. The Bertz CT molecular complexity index is 3230. The first-order chi connectivity index (χ1) is 27.7. The summed E-state index contributed by atoms with van der Waals surface area (Å²) in [6, 6.07) is 69.8. The van der Waals surface area contributed by atoms with Crippen LogP contribution in [0.5, 0.6) is 0 Å². The lowest BCUT2D eigenvalue weighted by Gasteiger charge is -2.15. The predicted octanol–water partition coefficient (Wildman–Crippen LogP) is 15.2. The summed E-state index contributed by atoms with van der Waals surface area (Å²) in [7, 11) is 0. The van der Waals surface area contributed by atoms with Crippen LogP contribution in [0.4, 0.5) is 0 Å². The van der Waals surface area contributed by atoms with Gasteiger partial charge >= 0.3 is 0 Å². The molecule has 0 unspecified atom stereocenters. The summed E-state index contributed by atoms with van der Waals surface area (Å²) in [6.07, 6.45) is 0. The Balaban J connectivity index is 1.12. The lowest BCUT2D eigenvalue weighted by atomic mass is 9.92. The van der Waals surface area contributed by atoms with Gasteiger partial charge < -0.3 is 0 Å². The van der Waals surface area contributed by atoms with Crippen LogP contribution < -0.4 is 0 Å². The molecule has 56 heavy (non-hydrogen) atoms. The number of benzene rings is 8. The van der Waals surface area contributed by atoms with Gasteiger partial charge in [-0.3, -0.25) is 0 Å². The van der Waals surface area contributed by atoms with Gasteiger partial charge in [-0.15, -0.1) is 22.7 Å². The normalized spacial score (nSPS) is 11.6. The molecule has 0 fully saturated rings. The number of hydrogen-bond acceptors (Lipinski definition) is 4. The van der Waals surface area contributed by atoms with E-state index < -0.39 is 0 Å². The molecule has 8 aromatic carbocycles. The molecule has 11 rings (SSSR count). The second-order valence-electron chi connectivity index (χ2n) is 14.2. The molecule has 262 valence electrons. The van der Waals surface area contributed by atoms with E-state index in [1.807, 2.05) is 28.7 Å². The van der Waals surface area contributed by atoms with Crippen LogP contribution in [0, 0.1) is 0 Å². The Hall–Kier alpha value is -6.72. The van der Waals surface area contributed by atoms with E-state index in [1.54, 1.807) is 0 Å². The van der Waals surface area contributed by atoms with E-state index in [4.69, 9.17) is 9.97 Å². The molecule has 3 heterocycles. The number of thiophene rings is 2. The lowest BCUT2D eigenvalue weighted by Crippen LogP contribution is -1.98. The largest absolute Gasteiger partial charge is 0.228 e. The van der Waals surface area contributed by atoms with Gasteiger partial charge in [0.15, 0.2) is 5.82 Å². The predicted molar refractivity (Wildman–Crippen MR) is 240 cm³/mol. The van der Waals surface area contributed by atoms with Crippen molar-refractivity contribution in [2.45, 2.75) is 0 Å². The molecule has 0 aliphatic rings. The SMILES string of the molecule is c1ccc(-c2ccc(-c3cc(-c4ccccc4)nc(-c4ccc(-c5ccc6sc7ccccc7c6c5)cc4-c4ccc5sc6ccccc6c5c4)n3)cc2)cc1. The van der Waals surface area contributed by atoms with Crippen molar-refractivity contribution in [3.8, 4) is 67.3 Å². The molecule has 0 radical (unpaired) electrons. The number of nitrogens with zero attached hydrogens (tertiary/aromatic N) is 2. The Morgan fingerprint density at radius 3 is 1.34 bits per heavy atom. The molecule has 0 amide bonds. The van der Waals surface area contributed by atoms with E-state index >= 15 is 0 Å². The number of hydrogen-bond donors (Lipinski definition) is 0. The fraction of sp³-hybridized carbons (Fsp3) is 0. The maximum atomic E-state index is 5.35. The Kier molecular flexibility index (Phi) is 7.90. The minimum Gasteiger partial charge on any atom is -0.228 e. The van der Waals surface area contributed by atoms with Crippen LogP contribution in [0.25, 0.3) is 108 Å². The highest BCUT2D eigenvalue weighted by molar-refractivity contribution is 7.26. The first-order valence-electron chi connectivity index (χ1n) is 18.8. The number of aromatic nitrogens is 2. The molecule has 0 N–H and O–H groups in total. The van der Waals surface area contributed by atoms with Crippen LogP contribution in [-0.4, -0.2) is 9.97 Å². The Labute approximate surface area is 332 Å². The highest BCUT2D eigenvalue weighted by Gasteiger charge is 2.18. The van der Waals surface area contributed by atoms with Crippen LogP contribution in [-0.2, 0) is 0 Å². The van der Waals surface area contributed by atoms with Gasteiger partial charge in [0.1, 0.15) is 0 Å². The Morgan fingerprint density at radius 2 is 0.696 bits per heavy atom. The molecule has 4 heteroatoms. The van der Waals surface area contributed by atoms with Crippen molar-refractivity contribution in [1.82, 2.24) is 9.97 Å². The zero-order chi connectivity index (χ0) is 37.0. The summed E-state index contributed by atoms with van der Waals surface area (Å²) in [5.74, 6) is 0.699. The van der Waals surface area contributed by atoms with E-state index in [0.717, 1.165) is 44.8 Å². The van der Waals surface area contributed by atoms with Gasteiger partial charge in [0.25, 0.3) is 0 Å². The monoisotopic (exact) mass is 748 g/mol. The molecule has 3 aromatic heterocycles. The van der Waals surface area contributed by atoms with Gasteiger partial charge in [-0.1, -0.05) is 140 Å². The number of rotatable bonds is 6. The topological polar surface area (TPSA) is 25.8 Å². The van der Waals surface area contributed by atoms with Gasteiger partial charge in [0, 0.05) is 57.0 Å². The zero-order valence-electron chi connectivity index (χ0n) is 30.2. The van der Waals surface area contributed by atoms with E-state index in [1.165, 1.54) is 57.0 Å². The second-order valence-corrected chi connectivity index (χ2v) is 16.3. The summed E-state index contributed by atoms with van der Waals surface area (Å²) in [5.41, 5.74) is 11.8. The average Bonchev–Trinajstić information content (AvgIpc) is 3.84. The minimum absolute atomic E-state index is 0.699. The summed E-state index contributed by atoms with van der Waals surface area (Å²) in [6.45, 7) is 0. The lowest BCUT2D eigenvalue weighted by molar-refractivity contribution is 1.18. The maximum Gasteiger partial charge on any atom is 0.161 e. The molecule has 0 aliphatic carbocycles.